The van der Waals surface area contributed by atoms with Crippen LogP contribution in [0.3, 0.4) is 0 Å². The van der Waals surface area contributed by atoms with Crippen LogP contribution in [-0.4, -0.2) is 5.97 Å². The van der Waals surface area contributed by atoms with E-state index < -0.39 is 14.2 Å². The van der Waals surface area contributed by atoms with Crippen LogP contribution in [-0.2, 0) is 9.09 Å². The van der Waals surface area contributed by atoms with Gasteiger partial charge in [0.1, 0.15) is 0 Å². The monoisotopic (exact) mass is 261 g/mol. The Morgan fingerprint density at radius 2 is 1.44 bits per heavy atom. The molecule has 5 heteroatoms. The number of rotatable bonds is 4. The number of para-hydroxylation sites is 1. The van der Waals surface area contributed by atoms with E-state index in [1.54, 1.807) is 60.7 Å². The molecule has 18 heavy (non-hydrogen) atoms. The van der Waals surface area contributed by atoms with Crippen LogP contribution in [0.1, 0.15) is 10.4 Å². The van der Waals surface area contributed by atoms with Crippen molar-refractivity contribution in [2.75, 3.05) is 0 Å². The van der Waals surface area contributed by atoms with E-state index in [1.807, 2.05) is 0 Å². The molecule has 0 aliphatic rings. The molecular formula is C13H10O4P+. The first-order valence-electron chi connectivity index (χ1n) is 5.23. The van der Waals surface area contributed by atoms with Gasteiger partial charge in [-0.1, -0.05) is 36.4 Å². The van der Waals surface area contributed by atoms with E-state index in [0.717, 1.165) is 0 Å². The molecular weight excluding hydrogens is 251 g/mol. The summed E-state index contributed by atoms with van der Waals surface area (Å²) >= 11 is 0. The highest BCUT2D eigenvalue weighted by Crippen LogP contribution is 2.28. The second-order valence-corrected chi connectivity index (χ2v) is 4.19. The Bertz CT molecular complexity index is 539. The van der Waals surface area contributed by atoms with Crippen LogP contribution in [0.25, 0.3) is 0 Å². The maximum absolute atomic E-state index is 11.6. The first-order chi connectivity index (χ1) is 8.75. The molecule has 0 aliphatic heterocycles. The zero-order valence-corrected chi connectivity index (χ0v) is 10.2. The summed E-state index contributed by atoms with van der Waals surface area (Å²) in [6.45, 7) is 0. The highest BCUT2D eigenvalue weighted by atomic mass is 31.1. The van der Waals surface area contributed by atoms with Crippen LogP contribution < -0.4 is 4.52 Å². The van der Waals surface area contributed by atoms with E-state index >= 15 is 0 Å². The zero-order valence-electron chi connectivity index (χ0n) is 9.35. The molecule has 0 radical (unpaired) electrons. The van der Waals surface area contributed by atoms with Gasteiger partial charge in [-0.15, -0.1) is 0 Å². The quantitative estimate of drug-likeness (QED) is 0.789. The predicted octanol–water partition coefficient (Wildman–Crippen LogP) is 3.58. The third-order valence-corrected chi connectivity index (χ3v) is 2.76. The smallest absolute Gasteiger partial charge is 0.241 e. The van der Waals surface area contributed by atoms with Gasteiger partial charge < -0.3 is 0 Å². The number of hydrogen-bond acceptors (Lipinski definition) is 4. The summed E-state index contributed by atoms with van der Waals surface area (Å²) in [6, 6.07) is 16.8. The van der Waals surface area contributed by atoms with Gasteiger partial charge in [-0.2, -0.15) is 4.52 Å². The maximum atomic E-state index is 11.6. The molecule has 2 rings (SSSR count). The average molecular weight is 261 g/mol. The number of carbonyl (C=O) groups is 1. The molecule has 0 heterocycles. The molecule has 1 unspecified atom stereocenters. The molecule has 0 amide bonds. The summed E-state index contributed by atoms with van der Waals surface area (Å²) in [5.41, 5.74) is 0.331. The van der Waals surface area contributed by atoms with Crippen LogP contribution in [0, 0.1) is 0 Å². The normalized spacial score (nSPS) is 10.6. The van der Waals surface area contributed by atoms with E-state index in [2.05, 4.69) is 4.52 Å². The number of carbonyl (C=O) groups excluding carboxylic acids is 1. The highest BCUT2D eigenvalue weighted by Gasteiger charge is 2.28. The van der Waals surface area contributed by atoms with Crippen molar-refractivity contribution >= 4 is 14.2 Å². The van der Waals surface area contributed by atoms with E-state index in [4.69, 9.17) is 4.52 Å². The van der Waals surface area contributed by atoms with Gasteiger partial charge in [0.2, 0.25) is 0 Å². The Kier molecular flexibility index (Phi) is 4.05. The van der Waals surface area contributed by atoms with E-state index in [0.29, 0.717) is 11.3 Å². The van der Waals surface area contributed by atoms with E-state index in [-0.39, 0.29) is 0 Å². The van der Waals surface area contributed by atoms with Crippen molar-refractivity contribution in [1.29, 1.82) is 0 Å². The van der Waals surface area contributed by atoms with Crippen molar-refractivity contribution in [1.82, 2.24) is 0 Å². The lowest BCUT2D eigenvalue weighted by Gasteiger charge is -1.93. The fraction of sp³-hybridized carbons (Fsp3) is 0. The fourth-order valence-electron chi connectivity index (χ4n) is 1.28. The summed E-state index contributed by atoms with van der Waals surface area (Å²) < 4.78 is 21.1. The Balaban J connectivity index is 1.94. The van der Waals surface area contributed by atoms with Crippen LogP contribution in [0.2, 0.25) is 0 Å². The molecule has 90 valence electrons. The number of benzene rings is 2. The van der Waals surface area contributed by atoms with Gasteiger partial charge in [-0.25, -0.2) is 9.32 Å². The van der Waals surface area contributed by atoms with Gasteiger partial charge in [0, 0.05) is 4.57 Å². The first kappa shape index (κ1) is 12.3. The van der Waals surface area contributed by atoms with Gasteiger partial charge in [0.25, 0.3) is 0 Å². The van der Waals surface area contributed by atoms with Gasteiger partial charge >= 0.3 is 14.2 Å². The third-order valence-electron chi connectivity index (χ3n) is 2.09. The Morgan fingerprint density at radius 1 is 0.889 bits per heavy atom. The standard InChI is InChI=1S/C13H10O4P/c14-13(11-7-3-1-4-8-11)17-18(15)16-12-9-5-2-6-10-12/h1-10H/q+1. The highest BCUT2D eigenvalue weighted by molar-refractivity contribution is 7.34. The molecule has 0 saturated carbocycles. The molecule has 0 aromatic heterocycles. The molecule has 2 aromatic carbocycles. The van der Waals surface area contributed by atoms with Crippen LogP contribution >= 0.6 is 8.25 Å². The summed E-state index contributed by atoms with van der Waals surface area (Å²) in [5, 5.41) is 0. The van der Waals surface area contributed by atoms with Crippen molar-refractivity contribution in [3.63, 3.8) is 0 Å². The minimum Gasteiger partial charge on any atom is -0.241 e. The topological polar surface area (TPSA) is 52.6 Å². The molecule has 0 bridgehead atoms. The van der Waals surface area contributed by atoms with Crippen molar-refractivity contribution in [3.8, 4) is 5.75 Å². The van der Waals surface area contributed by atoms with Crippen molar-refractivity contribution < 1.29 is 18.4 Å². The largest absolute Gasteiger partial charge is 0.808 e. The minimum atomic E-state index is -2.52. The SMILES string of the molecule is O=C(O[P+](=O)Oc1ccccc1)c1ccccc1. The average Bonchev–Trinajstić information content (AvgIpc) is 2.40. The second kappa shape index (κ2) is 5.94. The molecule has 0 spiro atoms. The molecule has 2 aromatic rings. The van der Waals surface area contributed by atoms with Gasteiger partial charge in [0.15, 0.2) is 5.75 Å². The third kappa shape index (κ3) is 3.40. The lowest BCUT2D eigenvalue weighted by atomic mass is 10.2. The van der Waals surface area contributed by atoms with Gasteiger partial charge in [-0.3, -0.25) is 0 Å². The molecule has 0 saturated heterocycles. The van der Waals surface area contributed by atoms with Gasteiger partial charge in [-0.05, 0) is 24.3 Å². The fourth-order valence-corrected chi connectivity index (χ4v) is 1.85. The minimum absolute atomic E-state index is 0.331. The van der Waals surface area contributed by atoms with Crippen molar-refractivity contribution in [2.45, 2.75) is 0 Å². The second-order valence-electron chi connectivity index (χ2n) is 3.37. The molecule has 0 N–H and O–H groups in total. The van der Waals surface area contributed by atoms with Crippen LogP contribution in [0.5, 0.6) is 5.75 Å². The molecule has 0 aliphatic carbocycles. The maximum Gasteiger partial charge on any atom is 0.808 e. The van der Waals surface area contributed by atoms with Crippen LogP contribution in [0.4, 0.5) is 0 Å². The number of hydrogen-bond donors (Lipinski definition) is 0. The molecule has 1 atom stereocenters. The Morgan fingerprint density at radius 3 is 2.06 bits per heavy atom. The summed E-state index contributed by atoms with van der Waals surface area (Å²) in [5.74, 6) is -0.285. The summed E-state index contributed by atoms with van der Waals surface area (Å²) in [4.78, 5) is 11.6. The zero-order chi connectivity index (χ0) is 12.8. The lowest BCUT2D eigenvalue weighted by Crippen LogP contribution is -2.00. The summed E-state index contributed by atoms with van der Waals surface area (Å²) in [6.07, 6.45) is 0. The Labute approximate surface area is 105 Å². The van der Waals surface area contributed by atoms with Crippen molar-refractivity contribution in [2.24, 2.45) is 0 Å². The summed E-state index contributed by atoms with van der Waals surface area (Å²) in [7, 11) is -2.52. The molecule has 0 fully saturated rings. The van der Waals surface area contributed by atoms with Crippen molar-refractivity contribution in [3.05, 3.63) is 66.2 Å². The van der Waals surface area contributed by atoms with Crippen LogP contribution in [0.15, 0.2) is 60.7 Å². The van der Waals surface area contributed by atoms with E-state index in [1.165, 1.54) is 0 Å². The Hall–Kier alpha value is -2.19. The lowest BCUT2D eigenvalue weighted by molar-refractivity contribution is 0.0733. The van der Waals surface area contributed by atoms with Gasteiger partial charge in [0.05, 0.1) is 5.56 Å². The van der Waals surface area contributed by atoms with E-state index in [9.17, 15) is 9.36 Å². The first-order valence-corrected chi connectivity index (χ1v) is 6.33. The predicted molar refractivity (Wildman–Crippen MR) is 66.5 cm³/mol. The molecule has 4 nitrogen and oxygen atoms in total.